The van der Waals surface area contributed by atoms with Crippen LogP contribution in [-0.2, 0) is 0 Å². The topological polar surface area (TPSA) is 75.3 Å². The number of aryl methyl sites for hydroxylation is 1. The Morgan fingerprint density at radius 3 is 2.56 bits per heavy atom. The molecule has 5 heteroatoms. The van der Waals surface area contributed by atoms with Crippen LogP contribution in [0.3, 0.4) is 0 Å². The molecule has 1 fully saturated rings. The Morgan fingerprint density at radius 1 is 1.28 bits per heavy atom. The van der Waals surface area contributed by atoms with Crippen LogP contribution in [0.4, 0.5) is 11.6 Å². The van der Waals surface area contributed by atoms with Crippen LogP contribution in [-0.4, -0.2) is 34.3 Å². The van der Waals surface area contributed by atoms with Crippen molar-refractivity contribution in [2.75, 3.05) is 23.8 Å². The molecule has 0 atom stereocenters. The van der Waals surface area contributed by atoms with Gasteiger partial charge in [-0.15, -0.1) is 0 Å². The number of anilines is 2. The highest BCUT2D eigenvalue weighted by Gasteiger charge is 2.25. The Morgan fingerprint density at radius 2 is 1.94 bits per heavy atom. The first-order valence-electron chi connectivity index (χ1n) is 6.61. The highest BCUT2D eigenvalue weighted by molar-refractivity contribution is 5.57. The summed E-state index contributed by atoms with van der Waals surface area (Å²) in [5.74, 6) is 2.12. The summed E-state index contributed by atoms with van der Waals surface area (Å²) in [5.41, 5.74) is 6.83. The molecule has 0 unspecified atom stereocenters. The summed E-state index contributed by atoms with van der Waals surface area (Å²) in [7, 11) is 0. The van der Waals surface area contributed by atoms with Crippen molar-refractivity contribution in [2.24, 2.45) is 0 Å². The average Bonchev–Trinajstić information content (AvgIpc) is 2.84. The minimum atomic E-state index is 0.138. The molecular formula is C13H22N4O. The van der Waals surface area contributed by atoms with E-state index >= 15 is 0 Å². The van der Waals surface area contributed by atoms with Crippen molar-refractivity contribution in [3.05, 3.63) is 11.4 Å². The van der Waals surface area contributed by atoms with Crippen LogP contribution in [0.25, 0.3) is 0 Å². The van der Waals surface area contributed by atoms with Gasteiger partial charge in [0.25, 0.3) is 0 Å². The summed E-state index contributed by atoms with van der Waals surface area (Å²) in [6, 6.07) is 0.476. The third-order valence-corrected chi connectivity index (χ3v) is 3.65. The van der Waals surface area contributed by atoms with E-state index in [-0.39, 0.29) is 6.61 Å². The second kappa shape index (κ2) is 5.52. The summed E-state index contributed by atoms with van der Waals surface area (Å²) in [5, 5.41) is 9.27. The Balaban J connectivity index is 2.35. The van der Waals surface area contributed by atoms with Crippen molar-refractivity contribution in [2.45, 2.75) is 45.6 Å². The van der Waals surface area contributed by atoms with Gasteiger partial charge in [0, 0.05) is 18.2 Å². The van der Waals surface area contributed by atoms with Gasteiger partial charge in [-0.25, -0.2) is 9.97 Å². The minimum Gasteiger partial charge on any atom is -0.395 e. The van der Waals surface area contributed by atoms with Crippen molar-refractivity contribution < 1.29 is 5.11 Å². The fourth-order valence-electron chi connectivity index (χ4n) is 2.70. The predicted octanol–water partition coefficient (Wildman–Crippen LogP) is 1.42. The van der Waals surface area contributed by atoms with Gasteiger partial charge in [-0.2, -0.15) is 0 Å². The molecule has 1 aliphatic rings. The molecule has 0 aromatic carbocycles. The van der Waals surface area contributed by atoms with E-state index in [2.05, 4.69) is 14.9 Å². The molecular weight excluding hydrogens is 228 g/mol. The van der Waals surface area contributed by atoms with Gasteiger partial charge in [0.15, 0.2) is 0 Å². The molecule has 0 saturated heterocycles. The minimum absolute atomic E-state index is 0.138. The van der Waals surface area contributed by atoms with E-state index in [0.29, 0.717) is 24.2 Å². The van der Waals surface area contributed by atoms with Gasteiger partial charge in [0.2, 0.25) is 0 Å². The lowest BCUT2D eigenvalue weighted by Gasteiger charge is -2.31. The van der Waals surface area contributed by atoms with E-state index in [1.807, 2.05) is 13.8 Å². The summed E-state index contributed by atoms with van der Waals surface area (Å²) in [6.07, 6.45) is 4.85. The number of hydrogen-bond donors (Lipinski definition) is 2. The van der Waals surface area contributed by atoms with E-state index in [0.717, 1.165) is 11.4 Å². The van der Waals surface area contributed by atoms with Crippen LogP contribution >= 0.6 is 0 Å². The molecule has 2 rings (SSSR count). The molecule has 0 amide bonds. The molecule has 1 aliphatic carbocycles. The Bertz CT molecular complexity index is 416. The van der Waals surface area contributed by atoms with E-state index in [1.165, 1.54) is 25.7 Å². The number of nitrogens with two attached hydrogens (primary N) is 1. The van der Waals surface area contributed by atoms with Crippen LogP contribution in [0.1, 0.15) is 37.1 Å². The Hall–Kier alpha value is -1.36. The van der Waals surface area contributed by atoms with Crippen molar-refractivity contribution in [1.29, 1.82) is 0 Å². The molecule has 3 N–H and O–H groups in total. The smallest absolute Gasteiger partial charge is 0.137 e. The summed E-state index contributed by atoms with van der Waals surface area (Å²) >= 11 is 0. The van der Waals surface area contributed by atoms with Gasteiger partial charge in [0.05, 0.1) is 6.61 Å². The Kier molecular flexibility index (Phi) is 4.01. The highest BCUT2D eigenvalue weighted by Crippen LogP contribution is 2.30. The van der Waals surface area contributed by atoms with E-state index in [9.17, 15) is 5.11 Å². The van der Waals surface area contributed by atoms with Crippen molar-refractivity contribution >= 4 is 11.6 Å². The van der Waals surface area contributed by atoms with E-state index < -0.39 is 0 Å². The third kappa shape index (κ3) is 2.56. The van der Waals surface area contributed by atoms with Crippen molar-refractivity contribution in [3.8, 4) is 0 Å². The van der Waals surface area contributed by atoms with Gasteiger partial charge < -0.3 is 15.7 Å². The number of hydrogen-bond acceptors (Lipinski definition) is 5. The summed E-state index contributed by atoms with van der Waals surface area (Å²) in [6.45, 7) is 4.55. The number of rotatable bonds is 4. The van der Waals surface area contributed by atoms with Gasteiger partial charge in [-0.3, -0.25) is 0 Å². The summed E-state index contributed by atoms with van der Waals surface area (Å²) < 4.78 is 0. The molecule has 5 nitrogen and oxygen atoms in total. The number of nitrogen functional groups attached to an aromatic ring is 1. The summed E-state index contributed by atoms with van der Waals surface area (Å²) in [4.78, 5) is 10.9. The monoisotopic (exact) mass is 250 g/mol. The first kappa shape index (κ1) is 13.1. The number of nitrogens with zero attached hydrogens (tertiary/aromatic N) is 3. The van der Waals surface area contributed by atoms with Gasteiger partial charge in [0.1, 0.15) is 17.5 Å². The average molecular weight is 250 g/mol. The normalized spacial score (nSPS) is 16.2. The quantitative estimate of drug-likeness (QED) is 0.845. The molecule has 0 spiro atoms. The first-order valence-corrected chi connectivity index (χ1v) is 6.61. The molecule has 0 bridgehead atoms. The van der Waals surface area contributed by atoms with Crippen LogP contribution in [0.5, 0.6) is 0 Å². The number of aliphatic hydroxyl groups is 1. The molecule has 18 heavy (non-hydrogen) atoms. The van der Waals surface area contributed by atoms with Crippen molar-refractivity contribution in [3.63, 3.8) is 0 Å². The molecule has 1 aromatic heterocycles. The van der Waals surface area contributed by atoms with E-state index in [4.69, 9.17) is 5.73 Å². The number of aliphatic hydroxyl groups excluding tert-OH is 1. The van der Waals surface area contributed by atoms with Gasteiger partial charge in [-0.05, 0) is 26.7 Å². The fourth-order valence-corrected chi connectivity index (χ4v) is 2.70. The SMILES string of the molecule is Cc1nc(N)c(C)c(N(CCO)C2CCCC2)n1. The second-order valence-corrected chi connectivity index (χ2v) is 4.96. The standard InChI is InChI=1S/C13H22N4O/c1-9-12(14)15-10(2)16-13(9)17(7-8-18)11-5-3-4-6-11/h11,18H,3-8H2,1-2H3,(H2,14,15,16). The number of aromatic nitrogens is 2. The lowest BCUT2D eigenvalue weighted by Crippen LogP contribution is -2.37. The lowest BCUT2D eigenvalue weighted by molar-refractivity contribution is 0.296. The zero-order valence-electron chi connectivity index (χ0n) is 11.2. The van der Waals surface area contributed by atoms with E-state index in [1.54, 1.807) is 0 Å². The fraction of sp³-hybridized carbons (Fsp3) is 0.692. The van der Waals surface area contributed by atoms with Crippen molar-refractivity contribution in [1.82, 2.24) is 9.97 Å². The van der Waals surface area contributed by atoms with Gasteiger partial charge >= 0.3 is 0 Å². The van der Waals surface area contributed by atoms with Crippen LogP contribution in [0, 0.1) is 13.8 Å². The van der Waals surface area contributed by atoms with Crippen LogP contribution < -0.4 is 10.6 Å². The molecule has 0 aliphatic heterocycles. The maximum atomic E-state index is 9.27. The van der Waals surface area contributed by atoms with Crippen LogP contribution in [0.15, 0.2) is 0 Å². The lowest BCUT2D eigenvalue weighted by atomic mass is 10.2. The first-order chi connectivity index (χ1) is 8.63. The molecule has 1 heterocycles. The molecule has 100 valence electrons. The zero-order valence-corrected chi connectivity index (χ0v) is 11.2. The second-order valence-electron chi connectivity index (χ2n) is 4.96. The predicted molar refractivity (Wildman–Crippen MR) is 72.6 cm³/mol. The maximum absolute atomic E-state index is 9.27. The zero-order chi connectivity index (χ0) is 13.1. The van der Waals surface area contributed by atoms with Crippen LogP contribution in [0.2, 0.25) is 0 Å². The molecule has 1 saturated carbocycles. The molecule has 1 aromatic rings. The largest absolute Gasteiger partial charge is 0.395 e. The molecule has 0 radical (unpaired) electrons. The van der Waals surface area contributed by atoms with Gasteiger partial charge in [-0.1, -0.05) is 12.8 Å². The highest BCUT2D eigenvalue weighted by atomic mass is 16.3. The Labute approximate surface area is 108 Å². The maximum Gasteiger partial charge on any atom is 0.137 e. The third-order valence-electron chi connectivity index (χ3n) is 3.65.